The molecular weight excluding hydrogens is 296 g/mol. The lowest BCUT2D eigenvalue weighted by Gasteiger charge is -2.07. The van der Waals surface area contributed by atoms with E-state index in [9.17, 15) is 0 Å². The van der Waals surface area contributed by atoms with E-state index in [0.717, 1.165) is 27.4 Å². The first-order chi connectivity index (χ1) is 8.60. The maximum Gasteiger partial charge on any atom is 0.213 e. The van der Waals surface area contributed by atoms with Crippen LogP contribution in [0.15, 0.2) is 27.1 Å². The molecule has 0 bridgehead atoms. The molecule has 0 aliphatic rings. The van der Waals surface area contributed by atoms with Gasteiger partial charge in [0.1, 0.15) is 11.5 Å². The minimum Gasteiger partial charge on any atom is -0.496 e. The second-order valence-electron chi connectivity index (χ2n) is 3.95. The van der Waals surface area contributed by atoms with E-state index in [1.54, 1.807) is 7.11 Å². The Kier molecular flexibility index (Phi) is 3.91. The number of aromatic nitrogens is 1. The largest absolute Gasteiger partial charge is 0.496 e. The van der Waals surface area contributed by atoms with Gasteiger partial charge in [-0.2, -0.15) is 0 Å². The van der Waals surface area contributed by atoms with Gasteiger partial charge in [-0.05, 0) is 48.0 Å². The van der Waals surface area contributed by atoms with Crippen molar-refractivity contribution in [1.29, 1.82) is 0 Å². The van der Waals surface area contributed by atoms with E-state index in [0.29, 0.717) is 12.4 Å². The van der Waals surface area contributed by atoms with Crippen LogP contribution in [0, 0.1) is 13.8 Å². The van der Waals surface area contributed by atoms with E-state index in [2.05, 4.69) is 26.2 Å². The number of nitrogens with one attached hydrogen (secondary N) is 1. The third kappa shape index (κ3) is 2.85. The summed E-state index contributed by atoms with van der Waals surface area (Å²) in [5.41, 5.74) is 1.92. The molecule has 4 nitrogen and oxygen atoms in total. The van der Waals surface area contributed by atoms with Gasteiger partial charge >= 0.3 is 0 Å². The minimum atomic E-state index is 0.563. The monoisotopic (exact) mass is 310 g/mol. The molecule has 2 aromatic rings. The zero-order valence-electron chi connectivity index (χ0n) is 10.6. The number of anilines is 1. The first-order valence-electron chi connectivity index (χ1n) is 5.60. The van der Waals surface area contributed by atoms with Gasteiger partial charge in [0, 0.05) is 5.69 Å². The van der Waals surface area contributed by atoms with Gasteiger partial charge in [0.15, 0.2) is 0 Å². The van der Waals surface area contributed by atoms with Crippen LogP contribution in [0.25, 0.3) is 0 Å². The maximum absolute atomic E-state index is 5.50. The van der Waals surface area contributed by atoms with Crippen molar-refractivity contribution in [3.63, 3.8) is 0 Å². The molecule has 1 heterocycles. The van der Waals surface area contributed by atoms with Crippen molar-refractivity contribution in [3.05, 3.63) is 40.0 Å². The lowest BCUT2D eigenvalue weighted by atomic mass is 10.3. The van der Waals surface area contributed by atoms with Crippen LogP contribution in [0.2, 0.25) is 0 Å². The molecule has 0 saturated heterocycles. The summed E-state index contributed by atoms with van der Waals surface area (Å²) in [6.45, 7) is 4.41. The number of hydrogen-bond acceptors (Lipinski definition) is 4. The van der Waals surface area contributed by atoms with Gasteiger partial charge in [-0.25, -0.2) is 4.98 Å². The predicted molar refractivity (Wildman–Crippen MR) is 74.0 cm³/mol. The fraction of sp³-hybridized carbons (Fsp3) is 0.308. The molecule has 0 radical (unpaired) electrons. The molecule has 0 atom stereocenters. The van der Waals surface area contributed by atoms with Crippen molar-refractivity contribution in [2.75, 3.05) is 12.4 Å². The van der Waals surface area contributed by atoms with Gasteiger partial charge in [0.2, 0.25) is 5.89 Å². The van der Waals surface area contributed by atoms with Gasteiger partial charge in [-0.1, -0.05) is 0 Å². The van der Waals surface area contributed by atoms with Crippen LogP contribution in [0.4, 0.5) is 5.69 Å². The second kappa shape index (κ2) is 5.44. The van der Waals surface area contributed by atoms with Crippen LogP contribution < -0.4 is 10.1 Å². The average Bonchev–Trinajstić information content (AvgIpc) is 2.66. The minimum absolute atomic E-state index is 0.563. The Morgan fingerprint density at radius 2 is 2.17 bits per heavy atom. The molecule has 0 amide bonds. The highest BCUT2D eigenvalue weighted by Crippen LogP contribution is 2.27. The highest BCUT2D eigenvalue weighted by Gasteiger charge is 2.06. The highest BCUT2D eigenvalue weighted by molar-refractivity contribution is 9.10. The highest BCUT2D eigenvalue weighted by atomic mass is 79.9. The van der Waals surface area contributed by atoms with E-state index in [1.807, 2.05) is 32.0 Å². The van der Waals surface area contributed by atoms with Crippen LogP contribution in [0.5, 0.6) is 5.75 Å². The van der Waals surface area contributed by atoms with Crippen LogP contribution in [-0.2, 0) is 6.54 Å². The molecule has 18 heavy (non-hydrogen) atoms. The van der Waals surface area contributed by atoms with Crippen LogP contribution in [0.3, 0.4) is 0 Å². The van der Waals surface area contributed by atoms with Crippen molar-refractivity contribution in [2.45, 2.75) is 20.4 Å². The molecule has 1 aromatic carbocycles. The number of benzene rings is 1. The zero-order chi connectivity index (χ0) is 13.1. The van der Waals surface area contributed by atoms with Crippen molar-refractivity contribution < 1.29 is 9.15 Å². The molecule has 96 valence electrons. The van der Waals surface area contributed by atoms with Gasteiger partial charge in [0.25, 0.3) is 0 Å². The number of rotatable bonds is 4. The Balaban J connectivity index is 2.04. The Morgan fingerprint density at radius 1 is 1.39 bits per heavy atom. The van der Waals surface area contributed by atoms with Gasteiger partial charge in [0.05, 0.1) is 23.8 Å². The molecule has 1 aromatic heterocycles. The normalized spacial score (nSPS) is 10.4. The Bertz CT molecular complexity index is 532. The third-order valence-corrected chi connectivity index (χ3v) is 3.29. The van der Waals surface area contributed by atoms with E-state index < -0.39 is 0 Å². The van der Waals surface area contributed by atoms with E-state index in [4.69, 9.17) is 9.15 Å². The summed E-state index contributed by atoms with van der Waals surface area (Å²) in [4.78, 5) is 4.32. The molecule has 0 aliphatic carbocycles. The summed E-state index contributed by atoms with van der Waals surface area (Å²) < 4.78 is 11.6. The van der Waals surface area contributed by atoms with Crippen LogP contribution in [0.1, 0.15) is 17.3 Å². The second-order valence-corrected chi connectivity index (χ2v) is 4.81. The maximum atomic E-state index is 5.50. The Labute approximate surface area is 114 Å². The van der Waals surface area contributed by atoms with Gasteiger partial charge in [-0.15, -0.1) is 0 Å². The summed E-state index contributed by atoms with van der Waals surface area (Å²) in [6.07, 6.45) is 0. The smallest absolute Gasteiger partial charge is 0.213 e. The van der Waals surface area contributed by atoms with E-state index in [-0.39, 0.29) is 0 Å². The number of hydrogen-bond donors (Lipinski definition) is 1. The molecule has 0 spiro atoms. The van der Waals surface area contributed by atoms with Crippen molar-refractivity contribution in [3.8, 4) is 5.75 Å². The molecule has 0 fully saturated rings. The molecular formula is C13H15BrN2O2. The summed E-state index contributed by atoms with van der Waals surface area (Å²) in [6, 6.07) is 5.81. The fourth-order valence-corrected chi connectivity index (χ4v) is 2.11. The molecule has 0 unspecified atom stereocenters. The van der Waals surface area contributed by atoms with E-state index in [1.165, 1.54) is 0 Å². The molecule has 0 saturated carbocycles. The lowest BCUT2D eigenvalue weighted by Crippen LogP contribution is -1.99. The Hall–Kier alpha value is -1.49. The first-order valence-corrected chi connectivity index (χ1v) is 6.39. The topological polar surface area (TPSA) is 47.3 Å². The van der Waals surface area contributed by atoms with Crippen LogP contribution in [-0.4, -0.2) is 12.1 Å². The number of methoxy groups -OCH3 is 1. The number of nitrogens with zero attached hydrogens (tertiary/aromatic N) is 1. The predicted octanol–water partition coefficient (Wildman–Crippen LogP) is 3.67. The summed E-state index contributed by atoms with van der Waals surface area (Å²) in [5.74, 6) is 2.36. The standard InChI is InChI=1S/C13H15BrN2O2/c1-8-9(2)18-13(16-8)7-15-10-4-5-12(17-3)11(14)6-10/h4-6,15H,7H2,1-3H3. The van der Waals surface area contributed by atoms with Crippen molar-refractivity contribution in [1.82, 2.24) is 4.98 Å². The first kappa shape index (κ1) is 13.0. The van der Waals surface area contributed by atoms with Gasteiger partial charge < -0.3 is 14.5 Å². The third-order valence-electron chi connectivity index (χ3n) is 2.67. The fourth-order valence-electron chi connectivity index (χ4n) is 1.57. The summed E-state index contributed by atoms with van der Waals surface area (Å²) in [7, 11) is 1.64. The molecule has 0 aliphatic heterocycles. The molecule has 2 rings (SSSR count). The van der Waals surface area contributed by atoms with E-state index >= 15 is 0 Å². The van der Waals surface area contributed by atoms with Crippen molar-refractivity contribution in [2.24, 2.45) is 0 Å². The van der Waals surface area contributed by atoms with Gasteiger partial charge in [-0.3, -0.25) is 0 Å². The molecule has 1 N–H and O–H groups in total. The number of oxazole rings is 1. The van der Waals surface area contributed by atoms with Crippen LogP contribution >= 0.6 is 15.9 Å². The SMILES string of the molecule is COc1ccc(NCc2nc(C)c(C)o2)cc1Br. The average molecular weight is 311 g/mol. The quantitative estimate of drug-likeness (QED) is 0.936. The molecule has 5 heteroatoms. The number of ether oxygens (including phenoxy) is 1. The summed E-state index contributed by atoms with van der Waals surface area (Å²) in [5, 5.41) is 3.25. The summed E-state index contributed by atoms with van der Waals surface area (Å²) >= 11 is 3.45. The lowest BCUT2D eigenvalue weighted by molar-refractivity contribution is 0.412. The number of halogens is 1. The zero-order valence-corrected chi connectivity index (χ0v) is 12.2. The Morgan fingerprint density at radius 3 is 2.72 bits per heavy atom. The van der Waals surface area contributed by atoms with Crippen molar-refractivity contribution >= 4 is 21.6 Å². The number of aryl methyl sites for hydroxylation is 2.